The number of nitriles is 1. The molecule has 0 spiro atoms. The predicted molar refractivity (Wildman–Crippen MR) is 13.0 cm³/mol. The van der Waals surface area contributed by atoms with Gasteiger partial charge >= 0.3 is 59.1 Å². The van der Waals surface area contributed by atoms with Gasteiger partial charge in [0.15, 0.2) is 0 Å². The molecule has 24 valence electrons. The van der Waals surface area contributed by atoms with Crippen LogP contribution >= 0.6 is 0 Å². The van der Waals surface area contributed by atoms with Gasteiger partial charge in [0.2, 0.25) is 0 Å². The van der Waals surface area contributed by atoms with Gasteiger partial charge in [-0.2, -0.15) is 0 Å². The molecule has 5 heteroatoms. The molecule has 0 N–H and O–H groups in total. The Hall–Kier alpha value is 2.00. The number of thiocyanates is 1. The van der Waals surface area contributed by atoms with Gasteiger partial charge in [0, 0.05) is 0 Å². The molecule has 0 saturated carbocycles. The molecule has 6 heavy (non-hydrogen) atoms. The number of rotatable bonds is 0. The minimum absolute atomic E-state index is 0. The SMILES string of the molecule is N#C[S-].[Cl-].[Na+].[Na+]. The second-order valence-corrected chi connectivity index (χ2v) is 0.274. The molecule has 0 bridgehead atoms. The van der Waals surface area contributed by atoms with Crippen molar-refractivity contribution in [2.24, 2.45) is 0 Å². The first kappa shape index (κ1) is 24.5. The van der Waals surface area contributed by atoms with E-state index in [4.69, 9.17) is 5.26 Å². The molecule has 0 aliphatic carbocycles. The van der Waals surface area contributed by atoms with Crippen molar-refractivity contribution in [1.29, 1.82) is 5.26 Å². The summed E-state index contributed by atoms with van der Waals surface area (Å²) in [5.41, 5.74) is 0. The van der Waals surface area contributed by atoms with E-state index < -0.39 is 0 Å². The number of nitrogens with zero attached hydrogens (tertiary/aromatic N) is 1. The van der Waals surface area contributed by atoms with E-state index in [2.05, 4.69) is 12.6 Å². The fourth-order valence-corrected chi connectivity index (χ4v) is 0. The van der Waals surface area contributed by atoms with Crippen LogP contribution < -0.4 is 71.5 Å². The molecule has 0 heterocycles. The van der Waals surface area contributed by atoms with Crippen molar-refractivity contribution in [1.82, 2.24) is 0 Å². The van der Waals surface area contributed by atoms with Crippen LogP contribution in [0.15, 0.2) is 0 Å². The fourth-order valence-electron chi connectivity index (χ4n) is 0. The predicted octanol–water partition coefficient (Wildman–Crippen LogP) is -8.97. The van der Waals surface area contributed by atoms with Gasteiger partial charge in [0.05, 0.1) is 0 Å². The van der Waals surface area contributed by atoms with Gasteiger partial charge in [-0.05, 0) is 0 Å². The standard InChI is InChI=1S/CHNS.ClH.2Na/c2-1-3;;;/h3H;1H;;/q;;2*+1/p-2. The van der Waals surface area contributed by atoms with E-state index in [1.807, 2.05) is 0 Å². The van der Waals surface area contributed by atoms with Crippen molar-refractivity contribution in [3.05, 3.63) is 0 Å². The number of hydrogen-bond donors (Lipinski definition) is 0. The Bertz CT molecular complexity index is 35.0. The second kappa shape index (κ2) is 28.0. The summed E-state index contributed by atoms with van der Waals surface area (Å²) in [6.07, 6.45) is 0. The van der Waals surface area contributed by atoms with Crippen LogP contribution in [0.3, 0.4) is 0 Å². The average molecular weight is 140 g/mol. The molecule has 0 aromatic carbocycles. The zero-order valence-electron chi connectivity index (χ0n) is 3.73. The first-order chi connectivity index (χ1) is 1.41. The molecular formula is CClNNa2S. The van der Waals surface area contributed by atoms with Crippen LogP contribution in [0.1, 0.15) is 0 Å². The minimum Gasteiger partial charge on any atom is -1.00 e. The zero-order chi connectivity index (χ0) is 2.71. The quantitative estimate of drug-likeness (QED) is 0.189. The van der Waals surface area contributed by atoms with Crippen LogP contribution in [0.2, 0.25) is 0 Å². The molecule has 0 radical (unpaired) electrons. The summed E-state index contributed by atoms with van der Waals surface area (Å²) < 4.78 is 0. The molecule has 0 aliphatic rings. The van der Waals surface area contributed by atoms with Crippen LogP contribution in [-0.4, -0.2) is 0 Å². The molecule has 1 nitrogen and oxygen atoms in total. The summed E-state index contributed by atoms with van der Waals surface area (Å²) in [4.78, 5) is 0. The van der Waals surface area contributed by atoms with Crippen LogP contribution in [-0.2, 0) is 12.6 Å². The Kier molecular flexibility index (Phi) is 114. The molecule has 0 amide bonds. The van der Waals surface area contributed by atoms with Gasteiger partial charge < -0.3 is 25.0 Å². The van der Waals surface area contributed by atoms with Gasteiger partial charge in [0.25, 0.3) is 0 Å². The summed E-state index contributed by atoms with van der Waals surface area (Å²) in [6.45, 7) is 0. The van der Waals surface area contributed by atoms with Crippen molar-refractivity contribution < 1.29 is 71.5 Å². The van der Waals surface area contributed by atoms with Gasteiger partial charge in [0.1, 0.15) is 0 Å². The summed E-state index contributed by atoms with van der Waals surface area (Å²) in [5.74, 6) is 0. The van der Waals surface area contributed by atoms with E-state index in [-0.39, 0.29) is 71.5 Å². The van der Waals surface area contributed by atoms with E-state index >= 15 is 0 Å². The minimum atomic E-state index is 0. The fraction of sp³-hybridized carbons (Fsp3) is 0. The Labute approximate surface area is 93.3 Å². The molecule has 0 saturated heterocycles. The zero-order valence-corrected chi connectivity index (χ0v) is 9.31. The third-order valence-corrected chi connectivity index (χ3v) is 0. The molecule has 0 aliphatic heterocycles. The molecular weight excluding hydrogens is 140 g/mol. The Morgan fingerprint density at radius 3 is 1.33 bits per heavy atom. The van der Waals surface area contributed by atoms with E-state index in [1.54, 1.807) is 0 Å². The van der Waals surface area contributed by atoms with Gasteiger partial charge in [-0.15, -0.1) is 0 Å². The normalized spacial score (nSPS) is 1.17. The van der Waals surface area contributed by atoms with E-state index in [0.717, 1.165) is 0 Å². The Morgan fingerprint density at radius 2 is 1.33 bits per heavy atom. The van der Waals surface area contributed by atoms with E-state index in [9.17, 15) is 0 Å². The van der Waals surface area contributed by atoms with Crippen LogP contribution in [0.25, 0.3) is 0 Å². The smallest absolute Gasteiger partial charge is 1.00 e. The first-order valence-corrected chi connectivity index (χ1v) is 0.836. The Balaban J connectivity index is -0.00000000667. The maximum absolute atomic E-state index is 7.13. The molecule has 0 atom stereocenters. The summed E-state index contributed by atoms with van der Waals surface area (Å²) >= 11 is 3.70. The van der Waals surface area contributed by atoms with E-state index in [1.165, 1.54) is 5.40 Å². The summed E-state index contributed by atoms with van der Waals surface area (Å²) in [5, 5.41) is 8.47. The molecule has 0 unspecified atom stereocenters. The molecule has 0 aromatic rings. The molecule has 0 rings (SSSR count). The number of hydrogen-bond acceptors (Lipinski definition) is 2. The largest absolute Gasteiger partial charge is 1.00 e. The summed E-state index contributed by atoms with van der Waals surface area (Å²) in [7, 11) is 0. The maximum Gasteiger partial charge on any atom is 1.00 e. The van der Waals surface area contributed by atoms with Crippen molar-refractivity contribution in [2.45, 2.75) is 0 Å². The Morgan fingerprint density at radius 1 is 1.33 bits per heavy atom. The van der Waals surface area contributed by atoms with Gasteiger partial charge in [-0.25, -0.2) is 5.26 Å². The van der Waals surface area contributed by atoms with E-state index in [0.29, 0.717) is 0 Å². The van der Waals surface area contributed by atoms with Crippen LogP contribution in [0.4, 0.5) is 0 Å². The third kappa shape index (κ3) is 37.5. The van der Waals surface area contributed by atoms with Crippen LogP contribution in [0, 0.1) is 10.7 Å². The van der Waals surface area contributed by atoms with Gasteiger partial charge in [-0.1, -0.05) is 5.40 Å². The topological polar surface area (TPSA) is 23.8 Å². The summed E-state index contributed by atoms with van der Waals surface area (Å²) in [6, 6.07) is 0. The van der Waals surface area contributed by atoms with Crippen molar-refractivity contribution in [3.63, 3.8) is 0 Å². The second-order valence-electron chi connectivity index (χ2n) is 0.0913. The molecule has 0 fully saturated rings. The average Bonchev–Trinajstić information content (AvgIpc) is 0.918. The van der Waals surface area contributed by atoms with Crippen molar-refractivity contribution in [2.75, 3.05) is 0 Å². The van der Waals surface area contributed by atoms with Crippen molar-refractivity contribution in [3.8, 4) is 5.40 Å². The van der Waals surface area contributed by atoms with Gasteiger partial charge in [-0.3, -0.25) is 0 Å². The molecule has 0 aromatic heterocycles. The monoisotopic (exact) mass is 139 g/mol. The van der Waals surface area contributed by atoms with Crippen molar-refractivity contribution >= 4 is 12.6 Å². The third-order valence-electron chi connectivity index (χ3n) is 0. The first-order valence-electron chi connectivity index (χ1n) is 0.428. The number of halogens is 1. The van der Waals surface area contributed by atoms with Crippen LogP contribution in [0.5, 0.6) is 0 Å². The maximum atomic E-state index is 7.13.